The van der Waals surface area contributed by atoms with Gasteiger partial charge in [0.15, 0.2) is 0 Å². The zero-order valence-electron chi connectivity index (χ0n) is 11.8. The standard InChI is InChI=1S/C15H15FN2O3/c1-3-20-14(19)11-9-17-15(21-4-2)18-13(11)10-7-5-6-8-12(10)16/h5-9H,3-4H2,1-2H3. The fourth-order valence-electron chi connectivity index (χ4n) is 1.78. The van der Waals surface area contributed by atoms with Crippen LogP contribution in [0.3, 0.4) is 0 Å². The Bertz CT molecular complexity index is 647. The molecule has 0 saturated carbocycles. The molecule has 0 atom stereocenters. The number of halogens is 1. The first-order chi connectivity index (χ1) is 10.2. The maximum absolute atomic E-state index is 14.0. The lowest BCUT2D eigenvalue weighted by Crippen LogP contribution is -2.10. The molecule has 0 saturated heterocycles. The predicted molar refractivity (Wildman–Crippen MR) is 74.6 cm³/mol. The smallest absolute Gasteiger partial charge is 0.341 e. The zero-order chi connectivity index (χ0) is 15.2. The number of benzene rings is 1. The van der Waals surface area contributed by atoms with Crippen LogP contribution in [0.1, 0.15) is 24.2 Å². The molecule has 0 spiro atoms. The van der Waals surface area contributed by atoms with Crippen molar-refractivity contribution in [3.8, 4) is 17.3 Å². The second-order valence-electron chi connectivity index (χ2n) is 4.05. The van der Waals surface area contributed by atoms with Crippen LogP contribution in [0, 0.1) is 5.82 Å². The highest BCUT2D eigenvalue weighted by Crippen LogP contribution is 2.26. The quantitative estimate of drug-likeness (QED) is 0.792. The number of aromatic nitrogens is 2. The van der Waals surface area contributed by atoms with Crippen molar-refractivity contribution in [2.45, 2.75) is 13.8 Å². The van der Waals surface area contributed by atoms with Gasteiger partial charge in [-0.2, -0.15) is 4.98 Å². The van der Waals surface area contributed by atoms with E-state index in [9.17, 15) is 9.18 Å². The molecule has 0 aliphatic carbocycles. The second-order valence-corrected chi connectivity index (χ2v) is 4.05. The first-order valence-corrected chi connectivity index (χ1v) is 6.59. The van der Waals surface area contributed by atoms with Crippen molar-refractivity contribution in [2.24, 2.45) is 0 Å². The molecule has 0 aliphatic rings. The normalized spacial score (nSPS) is 10.2. The van der Waals surface area contributed by atoms with Gasteiger partial charge in [0.2, 0.25) is 0 Å². The number of hydrogen-bond donors (Lipinski definition) is 0. The molecule has 0 aliphatic heterocycles. The minimum Gasteiger partial charge on any atom is -0.464 e. The van der Waals surface area contributed by atoms with Crippen LogP contribution in [0.4, 0.5) is 4.39 Å². The summed E-state index contributed by atoms with van der Waals surface area (Å²) in [5.41, 5.74) is 0.458. The molecule has 2 rings (SSSR count). The third-order valence-corrected chi connectivity index (χ3v) is 2.66. The van der Waals surface area contributed by atoms with E-state index in [1.165, 1.54) is 18.3 Å². The molecule has 5 nitrogen and oxygen atoms in total. The number of hydrogen-bond acceptors (Lipinski definition) is 5. The molecule has 0 fully saturated rings. The Morgan fingerprint density at radius 2 is 2.00 bits per heavy atom. The van der Waals surface area contributed by atoms with Gasteiger partial charge >= 0.3 is 12.0 Å². The van der Waals surface area contributed by atoms with Crippen LogP contribution in [0.25, 0.3) is 11.3 Å². The molecule has 0 amide bonds. The summed E-state index contributed by atoms with van der Waals surface area (Å²) in [6.45, 7) is 4.06. The number of rotatable bonds is 5. The number of carbonyl (C=O) groups excluding carboxylic acids is 1. The van der Waals surface area contributed by atoms with Crippen LogP contribution in [0.5, 0.6) is 6.01 Å². The van der Waals surface area contributed by atoms with E-state index < -0.39 is 11.8 Å². The van der Waals surface area contributed by atoms with Crippen LogP contribution in [-0.2, 0) is 4.74 Å². The summed E-state index contributed by atoms with van der Waals surface area (Å²) in [7, 11) is 0. The largest absolute Gasteiger partial charge is 0.464 e. The molecule has 1 aromatic carbocycles. The third kappa shape index (κ3) is 3.34. The van der Waals surface area contributed by atoms with Crippen molar-refractivity contribution in [1.29, 1.82) is 0 Å². The minimum atomic E-state index is -0.598. The van der Waals surface area contributed by atoms with Gasteiger partial charge < -0.3 is 9.47 Å². The molecule has 0 unspecified atom stereocenters. The zero-order valence-corrected chi connectivity index (χ0v) is 11.8. The lowest BCUT2D eigenvalue weighted by Gasteiger charge is -2.10. The maximum atomic E-state index is 14.0. The monoisotopic (exact) mass is 290 g/mol. The van der Waals surface area contributed by atoms with Crippen LogP contribution < -0.4 is 4.74 Å². The van der Waals surface area contributed by atoms with Gasteiger partial charge in [0, 0.05) is 11.8 Å². The highest BCUT2D eigenvalue weighted by atomic mass is 19.1. The number of esters is 1. The van der Waals surface area contributed by atoms with Gasteiger partial charge in [-0.25, -0.2) is 14.2 Å². The van der Waals surface area contributed by atoms with Gasteiger partial charge in [0.25, 0.3) is 0 Å². The molecule has 0 N–H and O–H groups in total. The van der Waals surface area contributed by atoms with Gasteiger partial charge in [-0.15, -0.1) is 0 Å². The van der Waals surface area contributed by atoms with Gasteiger partial charge in [-0.1, -0.05) is 12.1 Å². The summed E-state index contributed by atoms with van der Waals surface area (Å²) in [5, 5.41) is 0. The Hall–Kier alpha value is -2.50. The molecular formula is C15H15FN2O3. The molecular weight excluding hydrogens is 275 g/mol. The van der Waals surface area contributed by atoms with Crippen molar-refractivity contribution < 1.29 is 18.7 Å². The fourth-order valence-corrected chi connectivity index (χ4v) is 1.78. The van der Waals surface area contributed by atoms with E-state index in [-0.39, 0.29) is 29.4 Å². The topological polar surface area (TPSA) is 61.3 Å². The SMILES string of the molecule is CCOC(=O)c1cnc(OCC)nc1-c1ccccc1F. The third-order valence-electron chi connectivity index (χ3n) is 2.66. The van der Waals surface area contributed by atoms with E-state index >= 15 is 0 Å². The number of carbonyl (C=O) groups is 1. The lowest BCUT2D eigenvalue weighted by molar-refractivity contribution is 0.0526. The summed E-state index contributed by atoms with van der Waals surface area (Å²) in [6.07, 6.45) is 1.29. The molecule has 1 heterocycles. The van der Waals surface area contributed by atoms with Gasteiger partial charge in [0.1, 0.15) is 11.4 Å². The van der Waals surface area contributed by atoms with Crippen LogP contribution in [-0.4, -0.2) is 29.2 Å². The minimum absolute atomic E-state index is 0.0869. The molecule has 6 heteroatoms. The first-order valence-electron chi connectivity index (χ1n) is 6.59. The molecule has 2 aromatic rings. The second kappa shape index (κ2) is 6.78. The summed E-state index contributed by atoms with van der Waals surface area (Å²) >= 11 is 0. The van der Waals surface area contributed by atoms with Crippen molar-refractivity contribution in [2.75, 3.05) is 13.2 Å². The summed E-state index contributed by atoms with van der Waals surface area (Å²) < 4.78 is 24.1. The molecule has 0 radical (unpaired) electrons. The molecule has 0 bridgehead atoms. The van der Waals surface area contributed by atoms with E-state index in [0.717, 1.165) is 0 Å². The Morgan fingerprint density at radius 1 is 1.24 bits per heavy atom. The van der Waals surface area contributed by atoms with Crippen molar-refractivity contribution in [3.63, 3.8) is 0 Å². The molecule has 1 aromatic heterocycles. The Kier molecular flexibility index (Phi) is 4.81. The summed E-state index contributed by atoms with van der Waals surface area (Å²) in [6, 6.07) is 6.15. The van der Waals surface area contributed by atoms with Crippen molar-refractivity contribution in [3.05, 3.63) is 41.8 Å². The first kappa shape index (κ1) is 14.9. The van der Waals surface area contributed by atoms with Crippen LogP contribution in [0.15, 0.2) is 30.5 Å². The van der Waals surface area contributed by atoms with E-state index in [0.29, 0.717) is 6.61 Å². The number of nitrogens with zero attached hydrogens (tertiary/aromatic N) is 2. The van der Waals surface area contributed by atoms with E-state index in [1.807, 2.05) is 0 Å². The Labute approximate surface area is 121 Å². The number of ether oxygens (including phenoxy) is 2. The Morgan fingerprint density at radius 3 is 2.67 bits per heavy atom. The van der Waals surface area contributed by atoms with Crippen LogP contribution in [0.2, 0.25) is 0 Å². The van der Waals surface area contributed by atoms with E-state index in [1.54, 1.807) is 26.0 Å². The fraction of sp³-hybridized carbons (Fsp3) is 0.267. The van der Waals surface area contributed by atoms with Crippen LogP contribution >= 0.6 is 0 Å². The lowest BCUT2D eigenvalue weighted by atomic mass is 10.1. The predicted octanol–water partition coefficient (Wildman–Crippen LogP) is 2.86. The summed E-state index contributed by atoms with van der Waals surface area (Å²) in [5.74, 6) is -1.08. The maximum Gasteiger partial charge on any atom is 0.341 e. The van der Waals surface area contributed by atoms with E-state index in [4.69, 9.17) is 9.47 Å². The Balaban J connectivity index is 2.56. The van der Waals surface area contributed by atoms with Gasteiger partial charge in [-0.3, -0.25) is 0 Å². The van der Waals surface area contributed by atoms with E-state index in [2.05, 4.69) is 9.97 Å². The average Bonchev–Trinajstić information content (AvgIpc) is 2.48. The summed E-state index contributed by atoms with van der Waals surface area (Å²) in [4.78, 5) is 20.0. The average molecular weight is 290 g/mol. The van der Waals surface area contributed by atoms with Crippen molar-refractivity contribution >= 4 is 5.97 Å². The van der Waals surface area contributed by atoms with Gasteiger partial charge in [0.05, 0.1) is 18.9 Å². The highest BCUT2D eigenvalue weighted by molar-refractivity contribution is 5.95. The molecule has 110 valence electrons. The highest BCUT2D eigenvalue weighted by Gasteiger charge is 2.19. The molecule has 21 heavy (non-hydrogen) atoms. The van der Waals surface area contributed by atoms with Gasteiger partial charge in [-0.05, 0) is 26.0 Å². The van der Waals surface area contributed by atoms with Crippen molar-refractivity contribution in [1.82, 2.24) is 9.97 Å².